The van der Waals surface area contributed by atoms with Gasteiger partial charge in [-0.25, -0.2) is 9.97 Å². The van der Waals surface area contributed by atoms with Gasteiger partial charge in [-0.05, 0) is 71.5 Å². The van der Waals surface area contributed by atoms with Gasteiger partial charge >= 0.3 is 0 Å². The normalized spacial score (nSPS) is 11.1. The average molecular weight is 465 g/mol. The van der Waals surface area contributed by atoms with Crippen LogP contribution in [0.2, 0.25) is 0 Å². The monoisotopic (exact) mass is 464 g/mol. The molecule has 172 valence electrons. The topological polar surface area (TPSA) is 51.6 Å². The number of hydrogen-bond donors (Lipinski definition) is 0. The molecule has 36 heavy (non-hydrogen) atoms. The molecular weight excluding hydrogens is 440 g/mol. The summed E-state index contributed by atoms with van der Waals surface area (Å²) in [7, 11) is 0. The van der Waals surface area contributed by atoms with Crippen molar-refractivity contribution in [2.75, 3.05) is 0 Å². The fourth-order valence-corrected chi connectivity index (χ4v) is 4.42. The van der Waals surface area contributed by atoms with E-state index in [0.717, 1.165) is 55.8 Å². The van der Waals surface area contributed by atoms with E-state index in [1.807, 2.05) is 24.5 Å². The molecule has 0 aliphatic rings. The van der Waals surface area contributed by atoms with Crippen LogP contribution in [0.1, 0.15) is 11.1 Å². The van der Waals surface area contributed by atoms with E-state index in [1.165, 1.54) is 11.1 Å². The molecule has 0 atom stereocenters. The van der Waals surface area contributed by atoms with Gasteiger partial charge in [-0.1, -0.05) is 60.7 Å². The maximum Gasteiger partial charge on any atom is 0.0973 e. The van der Waals surface area contributed by atoms with Crippen molar-refractivity contribution in [1.82, 2.24) is 19.9 Å². The lowest BCUT2D eigenvalue weighted by molar-refractivity contribution is 1.26. The average Bonchev–Trinajstić information content (AvgIpc) is 2.94. The fourth-order valence-electron chi connectivity index (χ4n) is 4.42. The minimum atomic E-state index is 0.873. The molecule has 4 heteroatoms. The Morgan fingerprint density at radius 1 is 0.444 bits per heavy atom. The zero-order valence-electron chi connectivity index (χ0n) is 20.2. The molecule has 0 aliphatic heterocycles. The number of benzene rings is 3. The predicted octanol–water partition coefficient (Wildman–Crippen LogP) is 7.70. The van der Waals surface area contributed by atoms with E-state index < -0.39 is 0 Å². The smallest absolute Gasteiger partial charge is 0.0973 e. The van der Waals surface area contributed by atoms with E-state index in [1.54, 1.807) is 12.4 Å². The van der Waals surface area contributed by atoms with Crippen molar-refractivity contribution >= 4 is 11.0 Å². The number of rotatable bonds is 4. The van der Waals surface area contributed by atoms with Gasteiger partial charge in [-0.2, -0.15) is 0 Å². The summed E-state index contributed by atoms with van der Waals surface area (Å²) in [5, 5.41) is 0. The Kier molecular flexibility index (Phi) is 5.55. The molecule has 0 aliphatic carbocycles. The molecule has 0 radical (unpaired) electrons. The molecule has 3 heterocycles. The third-order valence-electron chi connectivity index (χ3n) is 6.59. The lowest BCUT2D eigenvalue weighted by Crippen LogP contribution is -1.97. The van der Waals surface area contributed by atoms with Crippen LogP contribution in [0.5, 0.6) is 0 Å². The fraction of sp³-hybridized carbons (Fsp3) is 0.0625. The Bertz CT molecular complexity index is 1530. The molecule has 6 aromatic rings. The van der Waals surface area contributed by atoms with Crippen LogP contribution >= 0.6 is 0 Å². The second-order valence-electron chi connectivity index (χ2n) is 8.98. The van der Waals surface area contributed by atoms with E-state index >= 15 is 0 Å². The lowest BCUT2D eigenvalue weighted by atomic mass is 9.98. The van der Waals surface area contributed by atoms with E-state index in [9.17, 15) is 0 Å². The number of pyridine rings is 2. The van der Waals surface area contributed by atoms with Crippen LogP contribution in [0, 0.1) is 13.8 Å². The third kappa shape index (κ3) is 4.14. The Hall–Kier alpha value is -4.70. The van der Waals surface area contributed by atoms with Crippen LogP contribution in [0.3, 0.4) is 0 Å². The van der Waals surface area contributed by atoms with Gasteiger partial charge < -0.3 is 0 Å². The Balaban J connectivity index is 1.49. The van der Waals surface area contributed by atoms with Gasteiger partial charge in [0.15, 0.2) is 0 Å². The summed E-state index contributed by atoms with van der Waals surface area (Å²) in [6, 6.07) is 29.2. The Morgan fingerprint density at radius 2 is 0.833 bits per heavy atom. The van der Waals surface area contributed by atoms with Gasteiger partial charge in [0.25, 0.3) is 0 Å². The number of aryl methyl sites for hydroxylation is 2. The van der Waals surface area contributed by atoms with Gasteiger partial charge in [0, 0.05) is 35.9 Å². The SMILES string of the molecule is Cc1cc2nc(-c3ccc(-c4cccnc4)cc3)c(-c3ccc(-c4cccnc4)cc3)nc2cc1C. The molecule has 0 saturated carbocycles. The van der Waals surface area contributed by atoms with Crippen molar-refractivity contribution in [3.63, 3.8) is 0 Å². The summed E-state index contributed by atoms with van der Waals surface area (Å²) in [4.78, 5) is 18.7. The zero-order chi connectivity index (χ0) is 24.5. The molecule has 3 aromatic heterocycles. The van der Waals surface area contributed by atoms with Gasteiger partial charge in [-0.3, -0.25) is 9.97 Å². The van der Waals surface area contributed by atoms with Crippen molar-refractivity contribution < 1.29 is 0 Å². The molecule has 0 unspecified atom stereocenters. The standard InChI is InChI=1S/C32H24N4/c1-21-17-29-30(18-22(21)2)36-32(26-13-9-24(10-14-26)28-6-4-16-34-20-28)31(35-29)25-11-7-23(8-12-25)27-5-3-15-33-19-27/h3-20H,1-2H3. The summed E-state index contributed by atoms with van der Waals surface area (Å²) in [5.41, 5.74) is 12.5. The first-order chi connectivity index (χ1) is 17.7. The minimum absolute atomic E-state index is 0.873. The highest BCUT2D eigenvalue weighted by atomic mass is 14.8. The van der Waals surface area contributed by atoms with Crippen LogP contribution in [0.15, 0.2) is 110 Å². The van der Waals surface area contributed by atoms with Crippen LogP contribution in [-0.2, 0) is 0 Å². The van der Waals surface area contributed by atoms with E-state index in [4.69, 9.17) is 9.97 Å². The number of fused-ring (bicyclic) bond motifs is 1. The third-order valence-corrected chi connectivity index (χ3v) is 6.59. The van der Waals surface area contributed by atoms with E-state index in [2.05, 4.69) is 96.6 Å². The second kappa shape index (κ2) is 9.16. The van der Waals surface area contributed by atoms with Crippen LogP contribution in [0.4, 0.5) is 0 Å². The highest BCUT2D eigenvalue weighted by molar-refractivity contribution is 5.87. The molecule has 0 amide bonds. The zero-order valence-corrected chi connectivity index (χ0v) is 20.2. The van der Waals surface area contributed by atoms with Gasteiger partial charge in [-0.15, -0.1) is 0 Å². The highest BCUT2D eigenvalue weighted by Crippen LogP contribution is 2.34. The Labute approximate surface area is 210 Å². The molecule has 6 rings (SSSR count). The molecule has 0 spiro atoms. The first-order valence-corrected chi connectivity index (χ1v) is 12.0. The summed E-state index contributed by atoms with van der Waals surface area (Å²) in [5.74, 6) is 0. The highest BCUT2D eigenvalue weighted by Gasteiger charge is 2.15. The van der Waals surface area contributed by atoms with Crippen molar-refractivity contribution in [3.8, 4) is 44.8 Å². The maximum absolute atomic E-state index is 5.12. The molecule has 4 nitrogen and oxygen atoms in total. The molecule has 3 aromatic carbocycles. The summed E-state index contributed by atoms with van der Waals surface area (Å²) in [6.45, 7) is 4.23. The molecule has 0 fully saturated rings. The lowest BCUT2D eigenvalue weighted by Gasteiger charge is -2.13. The van der Waals surface area contributed by atoms with Gasteiger partial charge in [0.05, 0.1) is 22.4 Å². The van der Waals surface area contributed by atoms with Crippen LogP contribution < -0.4 is 0 Å². The minimum Gasteiger partial charge on any atom is -0.264 e. The van der Waals surface area contributed by atoms with Crippen LogP contribution in [0.25, 0.3) is 55.8 Å². The van der Waals surface area contributed by atoms with Crippen molar-refractivity contribution in [3.05, 3.63) is 121 Å². The van der Waals surface area contributed by atoms with Crippen molar-refractivity contribution in [2.45, 2.75) is 13.8 Å². The molecular formula is C32H24N4. The largest absolute Gasteiger partial charge is 0.264 e. The van der Waals surface area contributed by atoms with Gasteiger partial charge in [0.2, 0.25) is 0 Å². The quantitative estimate of drug-likeness (QED) is 0.268. The number of nitrogens with zero attached hydrogens (tertiary/aromatic N) is 4. The van der Waals surface area contributed by atoms with E-state index in [-0.39, 0.29) is 0 Å². The number of hydrogen-bond acceptors (Lipinski definition) is 4. The molecule has 0 N–H and O–H groups in total. The predicted molar refractivity (Wildman–Crippen MR) is 146 cm³/mol. The van der Waals surface area contributed by atoms with Crippen molar-refractivity contribution in [2.24, 2.45) is 0 Å². The Morgan fingerprint density at radius 3 is 1.19 bits per heavy atom. The summed E-state index contributed by atoms with van der Waals surface area (Å²) >= 11 is 0. The first-order valence-electron chi connectivity index (χ1n) is 12.0. The summed E-state index contributed by atoms with van der Waals surface area (Å²) < 4.78 is 0. The molecule has 0 bridgehead atoms. The maximum atomic E-state index is 5.12. The van der Waals surface area contributed by atoms with Gasteiger partial charge in [0.1, 0.15) is 0 Å². The summed E-state index contributed by atoms with van der Waals surface area (Å²) in [6.07, 6.45) is 7.34. The van der Waals surface area contributed by atoms with Crippen molar-refractivity contribution in [1.29, 1.82) is 0 Å². The molecule has 0 saturated heterocycles. The van der Waals surface area contributed by atoms with Crippen LogP contribution in [-0.4, -0.2) is 19.9 Å². The number of aromatic nitrogens is 4. The van der Waals surface area contributed by atoms with E-state index in [0.29, 0.717) is 0 Å². The first kappa shape index (κ1) is 21.8. The second-order valence-corrected chi connectivity index (χ2v) is 8.98.